The highest BCUT2D eigenvalue weighted by Gasteiger charge is 2.45. The summed E-state index contributed by atoms with van der Waals surface area (Å²) in [5.41, 5.74) is 0. The maximum atomic E-state index is 9.33. The zero-order valence-electron chi connectivity index (χ0n) is 7.20. The second-order valence-corrected chi connectivity index (χ2v) is 2.94. The topological polar surface area (TPSA) is 99.4 Å². The Hall–Kier alpha value is -0.240. The van der Waals surface area contributed by atoms with E-state index in [1.165, 1.54) is 7.11 Å². The van der Waals surface area contributed by atoms with Crippen LogP contribution in [0.1, 0.15) is 0 Å². The van der Waals surface area contributed by atoms with Crippen LogP contribution in [0, 0.1) is 0 Å². The van der Waals surface area contributed by atoms with E-state index in [-0.39, 0.29) is 0 Å². The van der Waals surface area contributed by atoms with Crippen LogP contribution < -0.4 is 0 Å². The van der Waals surface area contributed by atoms with Gasteiger partial charge in [-0.1, -0.05) is 0 Å². The third kappa shape index (κ3) is 1.98. The van der Waals surface area contributed by atoms with Crippen molar-refractivity contribution in [1.29, 1.82) is 0 Å². The van der Waals surface area contributed by atoms with Crippen molar-refractivity contribution in [2.24, 2.45) is 0 Å². The molecular weight excluding hydrogens is 180 g/mol. The number of hydrogen-bond donors (Lipinski definition) is 4. The quantitative estimate of drug-likeness (QED) is 0.394. The molecule has 1 unspecified atom stereocenters. The standard InChI is InChI=1S/C7H14O6/c1-12-7-5(11)4(10)6(13-7)3(9)2-8/h3-11H,2H2,1H3/t3-,4-,5+,6-,7?/m1/s1. The molecule has 0 saturated carbocycles. The average Bonchev–Trinajstić information content (AvgIpc) is 2.43. The fraction of sp³-hybridized carbons (Fsp3) is 1.00. The number of hydrogen-bond acceptors (Lipinski definition) is 6. The first kappa shape index (κ1) is 10.8. The van der Waals surface area contributed by atoms with Crippen molar-refractivity contribution >= 4 is 0 Å². The number of rotatable bonds is 3. The lowest BCUT2D eigenvalue weighted by Crippen LogP contribution is -2.40. The van der Waals surface area contributed by atoms with Gasteiger partial charge in [0, 0.05) is 7.11 Å². The van der Waals surface area contributed by atoms with Crippen LogP contribution in [0.2, 0.25) is 0 Å². The molecule has 13 heavy (non-hydrogen) atoms. The van der Waals surface area contributed by atoms with E-state index in [0.29, 0.717) is 0 Å². The van der Waals surface area contributed by atoms with Gasteiger partial charge in [0.25, 0.3) is 0 Å². The lowest BCUT2D eigenvalue weighted by atomic mass is 10.1. The van der Waals surface area contributed by atoms with Crippen molar-refractivity contribution in [3.63, 3.8) is 0 Å². The molecule has 6 nitrogen and oxygen atoms in total. The lowest BCUT2D eigenvalue weighted by molar-refractivity contribution is -0.166. The molecule has 0 spiro atoms. The van der Waals surface area contributed by atoms with Crippen LogP contribution in [0.25, 0.3) is 0 Å². The number of aliphatic hydroxyl groups is 4. The van der Waals surface area contributed by atoms with Crippen LogP contribution >= 0.6 is 0 Å². The lowest BCUT2D eigenvalue weighted by Gasteiger charge is -2.18. The van der Waals surface area contributed by atoms with Gasteiger partial charge in [-0.05, 0) is 0 Å². The number of ether oxygens (including phenoxy) is 2. The fourth-order valence-corrected chi connectivity index (χ4v) is 1.29. The minimum Gasteiger partial charge on any atom is -0.394 e. The van der Waals surface area contributed by atoms with Crippen LogP contribution in [-0.4, -0.2) is 64.8 Å². The minimum atomic E-state index is -1.24. The Morgan fingerprint density at radius 2 is 2.00 bits per heavy atom. The summed E-state index contributed by atoms with van der Waals surface area (Å²) in [6.45, 7) is -0.537. The highest BCUT2D eigenvalue weighted by molar-refractivity contribution is 4.90. The van der Waals surface area contributed by atoms with Crippen LogP contribution in [0.3, 0.4) is 0 Å². The van der Waals surface area contributed by atoms with Crippen LogP contribution in [0.5, 0.6) is 0 Å². The Balaban J connectivity index is 2.60. The molecule has 1 fully saturated rings. The Kier molecular flexibility index (Phi) is 3.60. The number of aliphatic hydroxyl groups excluding tert-OH is 4. The predicted molar refractivity (Wildman–Crippen MR) is 40.8 cm³/mol. The maximum absolute atomic E-state index is 9.33. The molecule has 0 aromatic rings. The molecule has 1 rings (SSSR count). The van der Waals surface area contributed by atoms with Gasteiger partial charge in [0.1, 0.15) is 24.4 Å². The Morgan fingerprint density at radius 1 is 1.38 bits per heavy atom. The Morgan fingerprint density at radius 3 is 2.38 bits per heavy atom. The summed E-state index contributed by atoms with van der Waals surface area (Å²) < 4.78 is 9.65. The minimum absolute atomic E-state index is 0.537. The molecule has 0 bridgehead atoms. The van der Waals surface area contributed by atoms with Gasteiger partial charge in [-0.2, -0.15) is 0 Å². The highest BCUT2D eigenvalue weighted by atomic mass is 16.7. The third-order valence-corrected chi connectivity index (χ3v) is 2.06. The van der Waals surface area contributed by atoms with Gasteiger partial charge in [-0.3, -0.25) is 0 Å². The maximum Gasteiger partial charge on any atom is 0.186 e. The highest BCUT2D eigenvalue weighted by Crippen LogP contribution is 2.23. The van der Waals surface area contributed by atoms with Gasteiger partial charge in [-0.15, -0.1) is 0 Å². The summed E-state index contributed by atoms with van der Waals surface area (Å²) in [6, 6.07) is 0. The van der Waals surface area contributed by atoms with Gasteiger partial charge >= 0.3 is 0 Å². The normalized spacial score (nSPS) is 42.2. The molecular formula is C7H14O6. The molecule has 1 heterocycles. The molecule has 0 aromatic carbocycles. The SMILES string of the molecule is COC1O[C@H]([C@H](O)CO)[C@H](O)[C@@H]1O. The zero-order chi connectivity index (χ0) is 10.0. The van der Waals surface area contributed by atoms with Gasteiger partial charge in [-0.25, -0.2) is 0 Å². The Bertz CT molecular complexity index is 163. The third-order valence-electron chi connectivity index (χ3n) is 2.06. The van der Waals surface area contributed by atoms with E-state index in [4.69, 9.17) is 19.7 Å². The summed E-state index contributed by atoms with van der Waals surface area (Å²) in [4.78, 5) is 0. The zero-order valence-corrected chi connectivity index (χ0v) is 7.20. The first-order valence-corrected chi connectivity index (χ1v) is 3.95. The second kappa shape index (κ2) is 4.32. The molecule has 0 aliphatic carbocycles. The van der Waals surface area contributed by atoms with Crippen LogP contribution in [-0.2, 0) is 9.47 Å². The molecule has 4 N–H and O–H groups in total. The van der Waals surface area contributed by atoms with Gasteiger partial charge in [0.15, 0.2) is 6.29 Å². The summed E-state index contributed by atoms with van der Waals surface area (Å²) in [6.07, 6.45) is -5.63. The summed E-state index contributed by atoms with van der Waals surface area (Å²) in [5, 5.41) is 36.4. The van der Waals surface area contributed by atoms with Gasteiger partial charge in [0.2, 0.25) is 0 Å². The predicted octanol–water partition coefficient (Wildman–Crippen LogP) is -2.57. The molecule has 0 amide bonds. The number of methoxy groups -OCH3 is 1. The molecule has 1 aliphatic heterocycles. The first-order chi connectivity index (χ1) is 6.11. The molecule has 0 radical (unpaired) electrons. The largest absolute Gasteiger partial charge is 0.394 e. The van der Waals surface area contributed by atoms with E-state index < -0.39 is 37.3 Å². The van der Waals surface area contributed by atoms with E-state index in [1.807, 2.05) is 0 Å². The van der Waals surface area contributed by atoms with Crippen LogP contribution in [0.4, 0.5) is 0 Å². The summed E-state index contributed by atoms with van der Waals surface area (Å²) in [5.74, 6) is 0. The molecule has 5 atom stereocenters. The smallest absolute Gasteiger partial charge is 0.186 e. The molecule has 6 heteroatoms. The second-order valence-electron chi connectivity index (χ2n) is 2.94. The van der Waals surface area contributed by atoms with Crippen molar-refractivity contribution in [1.82, 2.24) is 0 Å². The van der Waals surface area contributed by atoms with Gasteiger partial charge < -0.3 is 29.9 Å². The van der Waals surface area contributed by atoms with Crippen molar-refractivity contribution in [2.75, 3.05) is 13.7 Å². The fourth-order valence-electron chi connectivity index (χ4n) is 1.29. The monoisotopic (exact) mass is 194 g/mol. The first-order valence-electron chi connectivity index (χ1n) is 3.95. The van der Waals surface area contributed by atoms with E-state index in [9.17, 15) is 10.2 Å². The molecule has 78 valence electrons. The molecule has 0 aromatic heterocycles. The van der Waals surface area contributed by atoms with E-state index in [0.717, 1.165) is 0 Å². The summed E-state index contributed by atoms with van der Waals surface area (Å²) >= 11 is 0. The Labute approximate surface area is 75.3 Å². The molecule has 1 saturated heterocycles. The van der Waals surface area contributed by atoms with Crippen LogP contribution in [0.15, 0.2) is 0 Å². The average molecular weight is 194 g/mol. The van der Waals surface area contributed by atoms with Crippen molar-refractivity contribution in [3.8, 4) is 0 Å². The van der Waals surface area contributed by atoms with E-state index in [1.54, 1.807) is 0 Å². The van der Waals surface area contributed by atoms with E-state index >= 15 is 0 Å². The van der Waals surface area contributed by atoms with Crippen molar-refractivity contribution < 1.29 is 29.9 Å². The summed E-state index contributed by atoms with van der Waals surface area (Å²) in [7, 11) is 1.31. The van der Waals surface area contributed by atoms with E-state index in [2.05, 4.69) is 0 Å². The van der Waals surface area contributed by atoms with Gasteiger partial charge in [0.05, 0.1) is 6.61 Å². The van der Waals surface area contributed by atoms with Crippen molar-refractivity contribution in [2.45, 2.75) is 30.7 Å². The molecule has 1 aliphatic rings. The van der Waals surface area contributed by atoms with Crippen molar-refractivity contribution in [3.05, 3.63) is 0 Å².